The fourth-order valence-corrected chi connectivity index (χ4v) is 2.06. The summed E-state index contributed by atoms with van der Waals surface area (Å²) in [6.45, 7) is 0.399. The molecular formula is C14H15N3O3. The molecule has 1 aromatic heterocycles. The van der Waals surface area contributed by atoms with Crippen LogP contribution in [0.25, 0.3) is 0 Å². The van der Waals surface area contributed by atoms with Gasteiger partial charge in [0.25, 0.3) is 0 Å². The van der Waals surface area contributed by atoms with Crippen molar-refractivity contribution in [3.8, 4) is 17.4 Å². The molecule has 0 atom stereocenters. The number of amides is 1. The van der Waals surface area contributed by atoms with Crippen LogP contribution in [0.2, 0.25) is 0 Å². The molecule has 6 heteroatoms. The van der Waals surface area contributed by atoms with E-state index >= 15 is 0 Å². The highest BCUT2D eigenvalue weighted by molar-refractivity contribution is 5.95. The predicted molar refractivity (Wildman–Crippen MR) is 73.2 cm³/mol. The minimum atomic E-state index is 0.0266. The molecule has 0 spiro atoms. The summed E-state index contributed by atoms with van der Waals surface area (Å²) < 4.78 is 12.9. The molecule has 0 bridgehead atoms. The summed E-state index contributed by atoms with van der Waals surface area (Å²) in [6.07, 6.45) is 2.18. The average molecular weight is 273 g/mol. The normalized spacial score (nSPS) is 14.5. The molecule has 0 aliphatic carbocycles. The molecule has 104 valence electrons. The molecule has 1 aliphatic rings. The summed E-state index contributed by atoms with van der Waals surface area (Å²) >= 11 is 0. The summed E-state index contributed by atoms with van der Waals surface area (Å²) in [7, 11) is 3.56. The van der Waals surface area contributed by atoms with Crippen LogP contribution in [0.3, 0.4) is 0 Å². The number of ether oxygens (including phenoxy) is 2. The van der Waals surface area contributed by atoms with Gasteiger partial charge in [-0.05, 0) is 12.1 Å². The first kappa shape index (κ1) is 12.5. The van der Waals surface area contributed by atoms with E-state index in [1.165, 1.54) is 0 Å². The van der Waals surface area contributed by atoms with Gasteiger partial charge >= 0.3 is 0 Å². The number of fused-ring (bicyclic) bond motifs is 1. The number of carbonyl (C=O) groups is 1. The van der Waals surface area contributed by atoms with Crippen molar-refractivity contribution >= 4 is 11.6 Å². The molecule has 1 aromatic carbocycles. The number of hydrogen-bond donors (Lipinski definition) is 0. The Kier molecular flexibility index (Phi) is 3.06. The molecule has 0 fully saturated rings. The van der Waals surface area contributed by atoms with Gasteiger partial charge in [0.15, 0.2) is 0 Å². The molecule has 0 radical (unpaired) electrons. The van der Waals surface area contributed by atoms with Crippen LogP contribution in [0.15, 0.2) is 30.5 Å². The number of rotatable bonds is 2. The van der Waals surface area contributed by atoms with Crippen molar-refractivity contribution in [3.63, 3.8) is 0 Å². The minimum absolute atomic E-state index is 0.0266. The van der Waals surface area contributed by atoms with Crippen LogP contribution in [0.1, 0.15) is 6.42 Å². The lowest BCUT2D eigenvalue weighted by molar-refractivity contribution is -0.118. The van der Waals surface area contributed by atoms with Gasteiger partial charge in [-0.1, -0.05) is 0 Å². The van der Waals surface area contributed by atoms with Gasteiger partial charge in [-0.15, -0.1) is 5.10 Å². The standard InChI is InChI=1S/C14H15N3O3/c1-16-7-5-13(15-16)20-10-3-4-12-11(9-10)17(2)14(18)6-8-19-12/h3-5,7,9H,6,8H2,1-2H3. The molecule has 2 heterocycles. The smallest absolute Gasteiger partial charge is 0.238 e. The highest BCUT2D eigenvalue weighted by atomic mass is 16.5. The molecule has 1 amide bonds. The summed E-state index contributed by atoms with van der Waals surface area (Å²) in [5.41, 5.74) is 0.709. The van der Waals surface area contributed by atoms with Crippen LogP contribution in [-0.2, 0) is 11.8 Å². The van der Waals surface area contributed by atoms with Crippen molar-refractivity contribution in [3.05, 3.63) is 30.5 Å². The Morgan fingerprint density at radius 3 is 2.90 bits per heavy atom. The summed E-state index contributed by atoms with van der Waals surface area (Å²) in [5, 5.41) is 4.15. The van der Waals surface area contributed by atoms with Gasteiger partial charge in [0.05, 0.1) is 18.7 Å². The molecule has 0 saturated carbocycles. The number of anilines is 1. The zero-order valence-electron chi connectivity index (χ0n) is 11.4. The topological polar surface area (TPSA) is 56.6 Å². The highest BCUT2D eigenvalue weighted by Crippen LogP contribution is 2.35. The fourth-order valence-electron chi connectivity index (χ4n) is 2.06. The summed E-state index contributed by atoms with van der Waals surface area (Å²) in [4.78, 5) is 13.4. The molecule has 1 aliphatic heterocycles. The Morgan fingerprint density at radius 2 is 2.15 bits per heavy atom. The van der Waals surface area contributed by atoms with Crippen LogP contribution in [-0.4, -0.2) is 29.3 Å². The van der Waals surface area contributed by atoms with E-state index in [-0.39, 0.29) is 5.91 Å². The van der Waals surface area contributed by atoms with Gasteiger partial charge in [-0.25, -0.2) is 0 Å². The quantitative estimate of drug-likeness (QED) is 0.839. The number of aryl methyl sites for hydroxylation is 1. The van der Waals surface area contributed by atoms with Gasteiger partial charge in [-0.3, -0.25) is 9.48 Å². The maximum absolute atomic E-state index is 11.8. The number of hydrogen-bond acceptors (Lipinski definition) is 4. The van der Waals surface area contributed by atoms with E-state index in [2.05, 4.69) is 5.10 Å². The van der Waals surface area contributed by atoms with E-state index < -0.39 is 0 Å². The Balaban J connectivity index is 1.91. The Bertz CT molecular complexity index is 651. The molecule has 6 nitrogen and oxygen atoms in total. The number of carbonyl (C=O) groups excluding carboxylic acids is 1. The van der Waals surface area contributed by atoms with Crippen LogP contribution in [0, 0.1) is 0 Å². The molecule has 3 rings (SSSR count). The van der Waals surface area contributed by atoms with Gasteiger partial charge < -0.3 is 14.4 Å². The van der Waals surface area contributed by atoms with E-state index in [1.807, 2.05) is 13.1 Å². The van der Waals surface area contributed by atoms with Crippen molar-refractivity contribution < 1.29 is 14.3 Å². The second kappa shape index (κ2) is 4.88. The van der Waals surface area contributed by atoms with E-state index in [4.69, 9.17) is 9.47 Å². The Hall–Kier alpha value is -2.50. The SMILES string of the molecule is CN1C(=O)CCOc2ccc(Oc3ccn(C)n3)cc21. The third kappa shape index (κ3) is 2.32. The number of nitrogens with zero attached hydrogens (tertiary/aromatic N) is 3. The third-order valence-electron chi connectivity index (χ3n) is 3.15. The van der Waals surface area contributed by atoms with Crippen LogP contribution < -0.4 is 14.4 Å². The molecule has 0 N–H and O–H groups in total. The molecule has 0 unspecified atom stereocenters. The van der Waals surface area contributed by atoms with Gasteiger partial charge in [0, 0.05) is 32.4 Å². The maximum Gasteiger partial charge on any atom is 0.238 e. The van der Waals surface area contributed by atoms with E-state index in [0.29, 0.717) is 36.1 Å². The maximum atomic E-state index is 11.8. The van der Waals surface area contributed by atoms with Crippen LogP contribution >= 0.6 is 0 Å². The number of aromatic nitrogens is 2. The Labute approximate surface area is 116 Å². The van der Waals surface area contributed by atoms with Crippen molar-refractivity contribution in [1.29, 1.82) is 0 Å². The molecule has 20 heavy (non-hydrogen) atoms. The second-order valence-corrected chi connectivity index (χ2v) is 4.61. The third-order valence-corrected chi connectivity index (χ3v) is 3.15. The van der Waals surface area contributed by atoms with Crippen molar-refractivity contribution in [1.82, 2.24) is 9.78 Å². The van der Waals surface area contributed by atoms with E-state index in [1.54, 1.807) is 41.0 Å². The lowest BCUT2D eigenvalue weighted by atomic mass is 10.2. The largest absolute Gasteiger partial charge is 0.491 e. The first-order valence-electron chi connectivity index (χ1n) is 6.34. The minimum Gasteiger partial charge on any atom is -0.491 e. The molecule has 2 aromatic rings. The highest BCUT2D eigenvalue weighted by Gasteiger charge is 2.20. The van der Waals surface area contributed by atoms with Gasteiger partial charge in [-0.2, -0.15) is 0 Å². The first-order chi connectivity index (χ1) is 9.63. The van der Waals surface area contributed by atoms with Crippen molar-refractivity contribution in [2.45, 2.75) is 6.42 Å². The molecule has 0 saturated heterocycles. The average Bonchev–Trinajstić information content (AvgIpc) is 2.78. The second-order valence-electron chi connectivity index (χ2n) is 4.61. The van der Waals surface area contributed by atoms with Crippen molar-refractivity contribution in [2.24, 2.45) is 7.05 Å². The summed E-state index contributed by atoms with van der Waals surface area (Å²) in [5.74, 6) is 1.84. The zero-order chi connectivity index (χ0) is 14.1. The summed E-state index contributed by atoms with van der Waals surface area (Å²) in [6, 6.07) is 7.17. The van der Waals surface area contributed by atoms with Gasteiger partial charge in [0.1, 0.15) is 11.5 Å². The van der Waals surface area contributed by atoms with E-state index in [0.717, 1.165) is 0 Å². The van der Waals surface area contributed by atoms with Crippen molar-refractivity contribution in [2.75, 3.05) is 18.6 Å². The predicted octanol–water partition coefficient (Wildman–Crippen LogP) is 1.96. The lowest BCUT2D eigenvalue weighted by Gasteiger charge is -2.17. The monoisotopic (exact) mass is 273 g/mol. The fraction of sp³-hybridized carbons (Fsp3) is 0.286. The van der Waals surface area contributed by atoms with Crippen LogP contribution in [0.5, 0.6) is 17.4 Å². The number of benzene rings is 1. The van der Waals surface area contributed by atoms with Gasteiger partial charge in [0.2, 0.25) is 11.8 Å². The Morgan fingerprint density at radius 1 is 1.30 bits per heavy atom. The first-order valence-corrected chi connectivity index (χ1v) is 6.34. The van der Waals surface area contributed by atoms with Crippen LogP contribution in [0.4, 0.5) is 5.69 Å². The lowest BCUT2D eigenvalue weighted by Crippen LogP contribution is -2.25. The van der Waals surface area contributed by atoms with E-state index in [9.17, 15) is 4.79 Å². The zero-order valence-corrected chi connectivity index (χ0v) is 11.4. The molecular weight excluding hydrogens is 258 g/mol.